The highest BCUT2D eigenvalue weighted by molar-refractivity contribution is 7.89. The van der Waals surface area contributed by atoms with Crippen LogP contribution in [0.1, 0.15) is 25.5 Å². The Morgan fingerprint density at radius 1 is 1.47 bits per heavy atom. The molecular formula is C12H19N3O3S. The molecule has 0 atom stereocenters. The lowest BCUT2D eigenvalue weighted by molar-refractivity contribution is 0.0126. The fourth-order valence-corrected chi connectivity index (χ4v) is 3.78. The highest BCUT2D eigenvalue weighted by Crippen LogP contribution is 2.26. The molecule has 0 amide bonds. The van der Waals surface area contributed by atoms with Gasteiger partial charge < -0.3 is 10.8 Å². The maximum absolute atomic E-state index is 12.5. The van der Waals surface area contributed by atoms with Crippen molar-refractivity contribution in [2.24, 2.45) is 5.73 Å². The van der Waals surface area contributed by atoms with E-state index in [4.69, 9.17) is 5.73 Å². The predicted molar refractivity (Wildman–Crippen MR) is 70.7 cm³/mol. The molecule has 1 aromatic rings. The fourth-order valence-electron chi connectivity index (χ4n) is 2.16. The molecule has 1 aliphatic heterocycles. The average molecular weight is 285 g/mol. The van der Waals surface area contributed by atoms with E-state index in [1.807, 2.05) is 0 Å². The zero-order valence-corrected chi connectivity index (χ0v) is 11.7. The van der Waals surface area contributed by atoms with Gasteiger partial charge in [-0.2, -0.15) is 4.31 Å². The third-order valence-electron chi connectivity index (χ3n) is 3.46. The largest absolute Gasteiger partial charge is 0.390 e. The highest BCUT2D eigenvalue weighted by Gasteiger charge is 2.34. The van der Waals surface area contributed by atoms with Crippen molar-refractivity contribution in [3.8, 4) is 0 Å². The van der Waals surface area contributed by atoms with Crippen LogP contribution in [0.3, 0.4) is 0 Å². The Kier molecular flexibility index (Phi) is 3.91. The molecule has 19 heavy (non-hydrogen) atoms. The number of nitrogens with zero attached hydrogens (tertiary/aromatic N) is 2. The summed E-state index contributed by atoms with van der Waals surface area (Å²) >= 11 is 0. The lowest BCUT2D eigenvalue weighted by Gasteiger charge is -2.35. The van der Waals surface area contributed by atoms with Gasteiger partial charge in [0.15, 0.2) is 0 Å². The number of nitrogens with two attached hydrogens (primary N) is 1. The van der Waals surface area contributed by atoms with E-state index in [1.165, 1.54) is 16.6 Å². The maximum atomic E-state index is 12.5. The number of sulfonamides is 1. The first-order chi connectivity index (χ1) is 8.87. The molecule has 0 aliphatic carbocycles. The van der Waals surface area contributed by atoms with Crippen LogP contribution in [0.25, 0.3) is 0 Å². The van der Waals surface area contributed by atoms with Crippen LogP contribution in [-0.2, 0) is 16.6 Å². The van der Waals surface area contributed by atoms with E-state index in [0.29, 0.717) is 31.6 Å². The molecule has 0 aromatic carbocycles. The quantitative estimate of drug-likeness (QED) is 0.819. The number of hydrogen-bond donors (Lipinski definition) is 2. The smallest absolute Gasteiger partial charge is 0.244 e. The Morgan fingerprint density at radius 2 is 2.11 bits per heavy atom. The van der Waals surface area contributed by atoms with Crippen molar-refractivity contribution in [2.75, 3.05) is 13.1 Å². The first kappa shape index (κ1) is 14.4. The van der Waals surface area contributed by atoms with Crippen molar-refractivity contribution >= 4 is 10.0 Å². The molecule has 0 spiro atoms. The highest BCUT2D eigenvalue weighted by atomic mass is 32.2. The summed E-state index contributed by atoms with van der Waals surface area (Å²) < 4.78 is 26.4. The van der Waals surface area contributed by atoms with Gasteiger partial charge in [0.05, 0.1) is 11.3 Å². The standard InChI is InChI=1S/C12H19N3O3S/c1-12(16)4-7-15(8-5-12)19(17,18)11-3-2-6-14-10(11)9-13/h2-3,6,16H,4-5,7-9,13H2,1H3. The summed E-state index contributed by atoms with van der Waals surface area (Å²) in [6.07, 6.45) is 2.40. The number of aliphatic hydroxyl groups is 1. The van der Waals surface area contributed by atoms with Gasteiger partial charge in [-0.25, -0.2) is 8.42 Å². The molecular weight excluding hydrogens is 266 g/mol. The van der Waals surface area contributed by atoms with Crippen LogP contribution in [0.2, 0.25) is 0 Å². The molecule has 7 heteroatoms. The Morgan fingerprint density at radius 3 is 2.68 bits per heavy atom. The van der Waals surface area contributed by atoms with Gasteiger partial charge in [-0.3, -0.25) is 4.98 Å². The predicted octanol–water partition coefficient (Wildman–Crippen LogP) is 0.0758. The maximum Gasteiger partial charge on any atom is 0.244 e. The lowest BCUT2D eigenvalue weighted by Crippen LogP contribution is -2.45. The molecule has 3 N–H and O–H groups in total. The van der Waals surface area contributed by atoms with E-state index >= 15 is 0 Å². The minimum Gasteiger partial charge on any atom is -0.390 e. The second-order valence-corrected chi connectivity index (χ2v) is 6.96. The van der Waals surface area contributed by atoms with Gasteiger partial charge in [0.1, 0.15) is 4.90 Å². The number of piperidine rings is 1. The van der Waals surface area contributed by atoms with Crippen LogP contribution in [0.5, 0.6) is 0 Å². The van der Waals surface area contributed by atoms with E-state index in [2.05, 4.69) is 4.98 Å². The molecule has 2 rings (SSSR count). The molecule has 0 radical (unpaired) electrons. The minimum absolute atomic E-state index is 0.0843. The van der Waals surface area contributed by atoms with Crippen LogP contribution in [0.15, 0.2) is 23.2 Å². The topological polar surface area (TPSA) is 96.5 Å². The minimum atomic E-state index is -3.58. The number of hydrogen-bond acceptors (Lipinski definition) is 5. The van der Waals surface area contributed by atoms with E-state index in [1.54, 1.807) is 13.0 Å². The molecule has 1 aromatic heterocycles. The van der Waals surface area contributed by atoms with E-state index in [9.17, 15) is 13.5 Å². The summed E-state index contributed by atoms with van der Waals surface area (Å²) in [5, 5.41) is 9.88. The average Bonchev–Trinajstić information content (AvgIpc) is 2.38. The zero-order valence-electron chi connectivity index (χ0n) is 10.9. The van der Waals surface area contributed by atoms with Crippen molar-refractivity contribution in [2.45, 2.75) is 36.8 Å². The van der Waals surface area contributed by atoms with Crippen LogP contribution in [0.4, 0.5) is 0 Å². The second kappa shape index (κ2) is 5.16. The summed E-state index contributed by atoms with van der Waals surface area (Å²) in [4.78, 5) is 4.17. The van der Waals surface area contributed by atoms with Gasteiger partial charge in [0.2, 0.25) is 10.0 Å². The molecule has 2 heterocycles. The van der Waals surface area contributed by atoms with Crippen molar-refractivity contribution in [3.63, 3.8) is 0 Å². The second-order valence-electron chi connectivity index (χ2n) is 5.05. The summed E-state index contributed by atoms with van der Waals surface area (Å²) in [7, 11) is -3.58. The van der Waals surface area contributed by atoms with E-state index in [0.717, 1.165) is 0 Å². The number of rotatable bonds is 3. The monoisotopic (exact) mass is 285 g/mol. The molecule has 0 unspecified atom stereocenters. The Hall–Kier alpha value is -1.02. The summed E-state index contributed by atoms with van der Waals surface area (Å²) in [5.74, 6) is 0. The molecule has 1 aliphatic rings. The van der Waals surface area contributed by atoms with Crippen molar-refractivity contribution in [1.82, 2.24) is 9.29 Å². The molecule has 1 fully saturated rings. The molecule has 6 nitrogen and oxygen atoms in total. The molecule has 0 bridgehead atoms. The lowest BCUT2D eigenvalue weighted by atomic mass is 9.95. The van der Waals surface area contributed by atoms with Gasteiger partial charge in [-0.1, -0.05) is 0 Å². The van der Waals surface area contributed by atoms with Crippen LogP contribution < -0.4 is 5.73 Å². The third kappa shape index (κ3) is 2.94. The summed E-state index contributed by atoms with van der Waals surface area (Å²) in [6.45, 7) is 2.44. The van der Waals surface area contributed by atoms with Gasteiger partial charge >= 0.3 is 0 Å². The van der Waals surface area contributed by atoms with Gasteiger partial charge in [0, 0.05) is 25.8 Å². The normalized spacial score (nSPS) is 20.4. The molecule has 0 saturated carbocycles. The Bertz CT molecular complexity index is 547. The van der Waals surface area contributed by atoms with Crippen LogP contribution >= 0.6 is 0 Å². The third-order valence-corrected chi connectivity index (χ3v) is 5.43. The van der Waals surface area contributed by atoms with Crippen molar-refractivity contribution < 1.29 is 13.5 Å². The summed E-state index contributed by atoms with van der Waals surface area (Å²) in [6, 6.07) is 3.11. The van der Waals surface area contributed by atoms with Gasteiger partial charge in [-0.15, -0.1) is 0 Å². The van der Waals surface area contributed by atoms with Gasteiger partial charge in [-0.05, 0) is 31.9 Å². The van der Waals surface area contributed by atoms with E-state index in [-0.39, 0.29) is 11.4 Å². The van der Waals surface area contributed by atoms with Crippen molar-refractivity contribution in [3.05, 3.63) is 24.0 Å². The Balaban J connectivity index is 2.28. The number of pyridine rings is 1. The zero-order chi connectivity index (χ0) is 14.1. The van der Waals surface area contributed by atoms with Crippen LogP contribution in [0, 0.1) is 0 Å². The first-order valence-corrected chi connectivity index (χ1v) is 7.67. The van der Waals surface area contributed by atoms with Crippen LogP contribution in [-0.4, -0.2) is 41.5 Å². The van der Waals surface area contributed by atoms with E-state index < -0.39 is 15.6 Å². The SMILES string of the molecule is CC1(O)CCN(S(=O)(=O)c2cccnc2CN)CC1. The summed E-state index contributed by atoms with van der Waals surface area (Å²) in [5.41, 5.74) is 5.13. The van der Waals surface area contributed by atoms with Crippen molar-refractivity contribution in [1.29, 1.82) is 0 Å². The fraction of sp³-hybridized carbons (Fsp3) is 0.583. The molecule has 1 saturated heterocycles. The first-order valence-electron chi connectivity index (χ1n) is 6.23. The molecule has 106 valence electrons. The number of aromatic nitrogens is 1. The Labute approximate surface area is 113 Å². The van der Waals surface area contributed by atoms with Gasteiger partial charge in [0.25, 0.3) is 0 Å².